The number of allylic oxidation sites excluding steroid dienone is 3. The second-order valence-corrected chi connectivity index (χ2v) is 3.37. The summed E-state index contributed by atoms with van der Waals surface area (Å²) in [5, 5.41) is 0. The van der Waals surface area contributed by atoms with Crippen LogP contribution in [-0.4, -0.2) is 0 Å². The average molecular weight is 182 g/mol. The molecule has 0 bridgehead atoms. The minimum atomic E-state index is 0.589. The topological polar surface area (TPSA) is 52.0 Å². The van der Waals surface area contributed by atoms with Gasteiger partial charge in [-0.2, -0.15) is 0 Å². The number of nitrogens with two attached hydrogens (primary N) is 2. The van der Waals surface area contributed by atoms with E-state index < -0.39 is 0 Å². The molecular weight excluding hydrogens is 160 g/mol. The van der Waals surface area contributed by atoms with Crippen molar-refractivity contribution in [1.29, 1.82) is 0 Å². The fourth-order valence-electron chi connectivity index (χ4n) is 0.335. The summed E-state index contributed by atoms with van der Waals surface area (Å²) in [4.78, 5) is 0. The van der Waals surface area contributed by atoms with Gasteiger partial charge in [-0.3, -0.25) is 0 Å². The normalized spacial score (nSPS) is 12.1. The predicted molar refractivity (Wildman–Crippen MR) is 60.9 cm³/mol. The first-order valence-corrected chi connectivity index (χ1v) is 4.45. The maximum Gasteiger partial charge on any atom is 0.0328 e. The van der Waals surface area contributed by atoms with Crippen molar-refractivity contribution in [3.05, 3.63) is 36.2 Å². The van der Waals surface area contributed by atoms with Gasteiger partial charge in [0.2, 0.25) is 0 Å². The minimum absolute atomic E-state index is 0.589. The molecule has 0 saturated carbocycles. The van der Waals surface area contributed by atoms with E-state index in [4.69, 9.17) is 11.5 Å². The highest BCUT2D eigenvalue weighted by atomic mass is 14.6. The molecule has 0 saturated heterocycles. The van der Waals surface area contributed by atoms with Crippen molar-refractivity contribution in [2.24, 2.45) is 17.4 Å². The average Bonchev–Trinajstić information content (AvgIpc) is 2.03. The van der Waals surface area contributed by atoms with E-state index in [9.17, 15) is 0 Å². The summed E-state index contributed by atoms with van der Waals surface area (Å²) in [7, 11) is 0. The van der Waals surface area contributed by atoms with E-state index in [1.54, 1.807) is 18.2 Å². The maximum absolute atomic E-state index is 5.41. The number of hydrogen-bond acceptors (Lipinski definition) is 2. The van der Waals surface area contributed by atoms with Crippen LogP contribution in [-0.2, 0) is 0 Å². The molecule has 0 aromatic heterocycles. The minimum Gasteiger partial charge on any atom is -0.399 e. The molecule has 0 unspecified atom stereocenters. The van der Waals surface area contributed by atoms with E-state index in [0.717, 1.165) is 5.92 Å². The molecule has 0 amide bonds. The van der Waals surface area contributed by atoms with E-state index in [-0.39, 0.29) is 0 Å². The molecule has 0 rings (SSSR count). The lowest BCUT2D eigenvalue weighted by Gasteiger charge is -1.91. The lowest BCUT2D eigenvalue weighted by atomic mass is 10.3. The molecule has 0 aliphatic rings. The summed E-state index contributed by atoms with van der Waals surface area (Å²) in [6.45, 7) is 11.8. The summed E-state index contributed by atoms with van der Waals surface area (Å²) in [6.07, 6.45) is 4.99. The molecule has 0 heterocycles. The molecule has 0 aromatic rings. The van der Waals surface area contributed by atoms with Crippen LogP contribution < -0.4 is 11.5 Å². The van der Waals surface area contributed by atoms with E-state index in [1.165, 1.54) is 0 Å². The summed E-state index contributed by atoms with van der Waals surface area (Å²) >= 11 is 0. The molecular formula is C11H22N2. The van der Waals surface area contributed by atoms with Crippen LogP contribution in [0.5, 0.6) is 0 Å². The van der Waals surface area contributed by atoms with Gasteiger partial charge >= 0.3 is 0 Å². The van der Waals surface area contributed by atoms with E-state index in [2.05, 4.69) is 27.4 Å². The van der Waals surface area contributed by atoms with Crippen LogP contribution in [0.4, 0.5) is 0 Å². The van der Waals surface area contributed by atoms with Crippen molar-refractivity contribution in [3.8, 4) is 0 Å². The Morgan fingerprint density at radius 1 is 1.15 bits per heavy atom. The fourth-order valence-corrected chi connectivity index (χ4v) is 0.335. The molecule has 0 aromatic carbocycles. The van der Waals surface area contributed by atoms with Crippen LogP contribution in [0, 0.1) is 5.92 Å². The Morgan fingerprint density at radius 3 is 1.77 bits per heavy atom. The Bertz CT molecular complexity index is 186. The van der Waals surface area contributed by atoms with Gasteiger partial charge in [0.05, 0.1) is 0 Å². The van der Waals surface area contributed by atoms with E-state index in [0.29, 0.717) is 11.4 Å². The monoisotopic (exact) mass is 182 g/mol. The Kier molecular flexibility index (Phi) is 9.84. The van der Waals surface area contributed by atoms with Crippen molar-refractivity contribution < 1.29 is 0 Å². The van der Waals surface area contributed by atoms with E-state index in [1.807, 2.05) is 6.92 Å². The van der Waals surface area contributed by atoms with Crippen LogP contribution in [0.15, 0.2) is 36.2 Å². The zero-order valence-electron chi connectivity index (χ0n) is 9.17. The first-order chi connectivity index (χ1) is 5.93. The highest BCUT2D eigenvalue weighted by Crippen LogP contribution is 1.90. The first-order valence-electron chi connectivity index (χ1n) is 4.45. The van der Waals surface area contributed by atoms with Gasteiger partial charge in [0, 0.05) is 11.4 Å². The van der Waals surface area contributed by atoms with Crippen molar-refractivity contribution >= 4 is 0 Å². The van der Waals surface area contributed by atoms with Gasteiger partial charge in [-0.1, -0.05) is 33.4 Å². The molecule has 2 nitrogen and oxygen atoms in total. The molecule has 2 heteroatoms. The molecule has 0 spiro atoms. The Labute approximate surface area is 82.0 Å². The van der Waals surface area contributed by atoms with Crippen LogP contribution in [0.3, 0.4) is 0 Å². The lowest BCUT2D eigenvalue weighted by Crippen LogP contribution is -1.98. The highest BCUT2D eigenvalue weighted by molar-refractivity contribution is 5.24. The third kappa shape index (κ3) is 18.1. The summed E-state index contributed by atoms with van der Waals surface area (Å²) < 4.78 is 0. The largest absolute Gasteiger partial charge is 0.399 e. The first kappa shape index (κ1) is 14.3. The number of hydrogen-bond donors (Lipinski definition) is 2. The second kappa shape index (κ2) is 8.91. The van der Waals surface area contributed by atoms with E-state index >= 15 is 0 Å². The summed E-state index contributed by atoms with van der Waals surface area (Å²) in [6, 6.07) is 0. The summed E-state index contributed by atoms with van der Waals surface area (Å²) in [5.41, 5.74) is 12.0. The highest BCUT2D eigenvalue weighted by Gasteiger charge is 1.80. The van der Waals surface area contributed by atoms with Gasteiger partial charge in [-0.15, -0.1) is 0 Å². The summed E-state index contributed by atoms with van der Waals surface area (Å²) in [5.74, 6) is 0.833. The van der Waals surface area contributed by atoms with Gasteiger partial charge in [0.1, 0.15) is 0 Å². The molecule has 13 heavy (non-hydrogen) atoms. The smallest absolute Gasteiger partial charge is 0.0328 e. The van der Waals surface area contributed by atoms with Crippen LogP contribution in [0.1, 0.15) is 27.7 Å². The van der Waals surface area contributed by atoms with Crippen LogP contribution >= 0.6 is 0 Å². The molecule has 0 aliphatic carbocycles. The standard InChI is InChI=1S/C7H12N2.C4H10/c1-3-6(8)5-7(9)4-2;1-4(2)3/h3-5H,1,8-9H2,2H3;4H,1-3H3/b6-5+,7-4+;. The zero-order valence-corrected chi connectivity index (χ0v) is 9.17. The maximum atomic E-state index is 5.41. The quantitative estimate of drug-likeness (QED) is 0.645. The molecule has 4 N–H and O–H groups in total. The van der Waals surface area contributed by atoms with Crippen molar-refractivity contribution in [2.45, 2.75) is 27.7 Å². The Balaban J connectivity index is 0. The van der Waals surface area contributed by atoms with Crippen LogP contribution in [0.2, 0.25) is 0 Å². The number of rotatable bonds is 2. The zero-order chi connectivity index (χ0) is 10.9. The third-order valence-corrected chi connectivity index (χ3v) is 0.902. The lowest BCUT2D eigenvalue weighted by molar-refractivity contribution is 0.737. The molecule has 0 fully saturated rings. The van der Waals surface area contributed by atoms with Crippen molar-refractivity contribution in [3.63, 3.8) is 0 Å². The van der Waals surface area contributed by atoms with Gasteiger partial charge in [0.15, 0.2) is 0 Å². The Morgan fingerprint density at radius 2 is 1.54 bits per heavy atom. The molecule has 0 atom stereocenters. The third-order valence-electron chi connectivity index (χ3n) is 0.902. The van der Waals surface area contributed by atoms with Gasteiger partial charge in [-0.25, -0.2) is 0 Å². The molecule has 0 radical (unpaired) electrons. The predicted octanol–water partition coefficient (Wildman–Crippen LogP) is 2.54. The SMILES string of the molecule is C=C/C(N)=C\C(N)=C/C.CC(C)C. The Hall–Kier alpha value is -1.18. The molecule has 0 aliphatic heterocycles. The van der Waals surface area contributed by atoms with Gasteiger partial charge in [-0.05, 0) is 25.0 Å². The van der Waals surface area contributed by atoms with Crippen LogP contribution in [0.25, 0.3) is 0 Å². The second-order valence-electron chi connectivity index (χ2n) is 3.37. The van der Waals surface area contributed by atoms with Gasteiger partial charge < -0.3 is 11.5 Å². The fraction of sp³-hybridized carbons (Fsp3) is 0.455. The van der Waals surface area contributed by atoms with Crippen molar-refractivity contribution in [2.75, 3.05) is 0 Å². The van der Waals surface area contributed by atoms with Gasteiger partial charge in [0.25, 0.3) is 0 Å². The molecule has 76 valence electrons. The van der Waals surface area contributed by atoms with Crippen molar-refractivity contribution in [1.82, 2.24) is 0 Å².